The van der Waals surface area contributed by atoms with E-state index in [0.717, 1.165) is 73.9 Å². The third kappa shape index (κ3) is 29.5. The first-order valence-corrected chi connectivity index (χ1v) is 22.3. The monoisotopic (exact) mass is 729 g/mol. The van der Waals surface area contributed by atoms with E-state index in [2.05, 4.69) is 76.9 Å². The highest BCUT2D eigenvalue weighted by molar-refractivity contribution is 5.76. The van der Waals surface area contributed by atoms with Crippen LogP contribution >= 0.6 is 0 Å². The number of hydrogen-bond donors (Lipinski definition) is 2. The molecule has 2 amide bonds. The first-order valence-electron chi connectivity index (χ1n) is 22.3. The molecule has 302 valence electrons. The van der Waals surface area contributed by atoms with Crippen molar-refractivity contribution in [2.24, 2.45) is 0 Å². The molecule has 0 aliphatic carbocycles. The van der Waals surface area contributed by atoms with Crippen molar-refractivity contribution in [3.63, 3.8) is 0 Å². The molecular formula is C46H88N4O2+2. The molecule has 0 bridgehead atoms. The Labute approximate surface area is 323 Å². The van der Waals surface area contributed by atoms with Crippen LogP contribution in [0.5, 0.6) is 0 Å². The van der Waals surface area contributed by atoms with Gasteiger partial charge in [-0.25, -0.2) is 0 Å². The van der Waals surface area contributed by atoms with E-state index in [1.54, 1.807) is 0 Å². The molecule has 0 atom stereocenters. The second kappa shape index (κ2) is 31.4. The van der Waals surface area contributed by atoms with Crippen molar-refractivity contribution in [1.82, 2.24) is 10.6 Å². The molecule has 0 saturated heterocycles. The number of carbonyl (C=O) groups is 2. The number of nitrogens with zero attached hydrogens (tertiary/aromatic N) is 2. The fraction of sp³-hybridized carbons (Fsp3) is 0.826. The van der Waals surface area contributed by atoms with E-state index >= 15 is 0 Å². The summed E-state index contributed by atoms with van der Waals surface area (Å²) in [6, 6.07) is 9.17. The lowest BCUT2D eigenvalue weighted by Gasteiger charge is -2.31. The highest BCUT2D eigenvalue weighted by Crippen LogP contribution is 2.16. The van der Waals surface area contributed by atoms with Gasteiger partial charge in [0.2, 0.25) is 11.8 Å². The third-order valence-electron chi connectivity index (χ3n) is 10.8. The van der Waals surface area contributed by atoms with E-state index in [1.165, 1.54) is 140 Å². The zero-order valence-electron chi connectivity index (χ0n) is 35.6. The Balaban J connectivity index is 2.11. The van der Waals surface area contributed by atoms with Crippen LogP contribution in [0.1, 0.15) is 192 Å². The van der Waals surface area contributed by atoms with Gasteiger partial charge in [0.15, 0.2) is 0 Å². The molecule has 0 spiro atoms. The summed E-state index contributed by atoms with van der Waals surface area (Å²) in [6.45, 7) is 10.2. The Morgan fingerprint density at radius 2 is 0.692 bits per heavy atom. The molecule has 2 N–H and O–H groups in total. The van der Waals surface area contributed by atoms with Crippen LogP contribution in [0.15, 0.2) is 24.3 Å². The van der Waals surface area contributed by atoms with Crippen molar-refractivity contribution in [2.45, 2.75) is 194 Å². The Bertz CT molecular complexity index is 912. The number of benzene rings is 1. The summed E-state index contributed by atoms with van der Waals surface area (Å²) in [5.74, 6) is 0.440. The predicted molar refractivity (Wildman–Crippen MR) is 225 cm³/mol. The maximum atomic E-state index is 12.3. The van der Waals surface area contributed by atoms with Gasteiger partial charge in [-0.05, 0) is 12.8 Å². The van der Waals surface area contributed by atoms with Crippen molar-refractivity contribution in [2.75, 3.05) is 54.4 Å². The Morgan fingerprint density at radius 1 is 0.423 bits per heavy atom. The highest BCUT2D eigenvalue weighted by atomic mass is 16.2. The van der Waals surface area contributed by atoms with Crippen LogP contribution < -0.4 is 10.6 Å². The maximum Gasteiger partial charge on any atom is 0.219 e. The van der Waals surface area contributed by atoms with E-state index in [-0.39, 0.29) is 11.8 Å². The van der Waals surface area contributed by atoms with Gasteiger partial charge < -0.3 is 19.6 Å². The van der Waals surface area contributed by atoms with Crippen LogP contribution in [-0.4, -0.2) is 75.2 Å². The summed E-state index contributed by atoms with van der Waals surface area (Å²) in [6.07, 6.45) is 32.2. The molecule has 1 rings (SSSR count). The highest BCUT2D eigenvalue weighted by Gasteiger charge is 2.18. The summed E-state index contributed by atoms with van der Waals surface area (Å²) in [7, 11) is 9.16. The zero-order chi connectivity index (χ0) is 38.2. The standard InChI is InChI=1S/C46H86N4O2/c1-7-9-11-13-15-17-19-21-23-25-27-31-45(51)47-37-29-39-49(3,4)41-43-33-35-44(36-34-43)42-50(5,6)40-30-38-48-46(52)32-28-26-24-22-20-18-16-14-12-10-8-2/h33-36H,7-32,37-42H2,1-6H3/p+2. The average molecular weight is 729 g/mol. The van der Waals surface area contributed by atoms with Crippen LogP contribution in [0.4, 0.5) is 0 Å². The molecule has 0 aliphatic rings. The van der Waals surface area contributed by atoms with E-state index in [0.29, 0.717) is 12.8 Å². The van der Waals surface area contributed by atoms with E-state index in [9.17, 15) is 9.59 Å². The minimum atomic E-state index is 0.220. The SMILES string of the molecule is CCCCCCCCCCCCCC(=O)NCCC[N+](C)(C)Cc1ccc(C[N+](C)(C)CCCNC(=O)CCCCCCCCCCCCC)cc1. The fourth-order valence-electron chi connectivity index (χ4n) is 7.44. The van der Waals surface area contributed by atoms with Gasteiger partial charge in [0.25, 0.3) is 0 Å². The Kier molecular flexibility index (Phi) is 29.1. The molecule has 0 unspecified atom stereocenters. The quantitative estimate of drug-likeness (QED) is 0.0534. The summed E-state index contributed by atoms with van der Waals surface area (Å²) < 4.78 is 1.83. The van der Waals surface area contributed by atoms with Gasteiger partial charge in [0, 0.05) is 49.9 Å². The molecule has 0 heterocycles. The van der Waals surface area contributed by atoms with E-state index in [1.807, 2.05) is 0 Å². The molecule has 0 fully saturated rings. The van der Waals surface area contributed by atoms with Crippen LogP contribution in [0.25, 0.3) is 0 Å². The Hall–Kier alpha value is -1.92. The molecule has 52 heavy (non-hydrogen) atoms. The van der Waals surface area contributed by atoms with Crippen molar-refractivity contribution < 1.29 is 18.6 Å². The number of hydrogen-bond acceptors (Lipinski definition) is 2. The van der Waals surface area contributed by atoms with Gasteiger partial charge in [0.1, 0.15) is 13.1 Å². The molecule has 0 saturated carbocycles. The smallest absolute Gasteiger partial charge is 0.219 e. The van der Waals surface area contributed by atoms with Crippen LogP contribution in [0.3, 0.4) is 0 Å². The number of carbonyl (C=O) groups excluding carboxylic acids is 2. The van der Waals surface area contributed by atoms with Crippen LogP contribution in [-0.2, 0) is 22.7 Å². The Morgan fingerprint density at radius 3 is 0.981 bits per heavy atom. The number of rotatable bonds is 36. The van der Waals surface area contributed by atoms with Gasteiger partial charge in [-0.2, -0.15) is 0 Å². The predicted octanol–water partition coefficient (Wildman–Crippen LogP) is 11.3. The van der Waals surface area contributed by atoms with Crippen molar-refractivity contribution >= 4 is 11.8 Å². The van der Waals surface area contributed by atoms with Gasteiger partial charge in [-0.1, -0.05) is 167 Å². The molecular weight excluding hydrogens is 641 g/mol. The van der Waals surface area contributed by atoms with E-state index in [4.69, 9.17) is 0 Å². The van der Waals surface area contributed by atoms with Crippen LogP contribution in [0.2, 0.25) is 0 Å². The molecule has 1 aromatic rings. The maximum absolute atomic E-state index is 12.3. The summed E-state index contributed by atoms with van der Waals surface area (Å²) in [4.78, 5) is 24.6. The number of quaternary nitrogens is 2. The second-order valence-electron chi connectivity index (χ2n) is 17.4. The number of amides is 2. The lowest BCUT2D eigenvalue weighted by atomic mass is 10.1. The number of nitrogens with one attached hydrogen (secondary N) is 2. The zero-order valence-corrected chi connectivity index (χ0v) is 35.6. The normalized spacial score (nSPS) is 12.0. The topological polar surface area (TPSA) is 58.2 Å². The first kappa shape index (κ1) is 48.1. The molecule has 0 radical (unpaired) electrons. The minimum absolute atomic E-state index is 0.220. The lowest BCUT2D eigenvalue weighted by molar-refractivity contribution is -0.904. The molecule has 0 aromatic heterocycles. The van der Waals surface area contributed by atoms with E-state index < -0.39 is 0 Å². The summed E-state index contributed by atoms with van der Waals surface area (Å²) in [5, 5.41) is 6.32. The number of unbranched alkanes of at least 4 members (excludes halogenated alkanes) is 20. The van der Waals surface area contributed by atoms with Crippen LogP contribution in [0, 0.1) is 0 Å². The van der Waals surface area contributed by atoms with Gasteiger partial charge in [-0.3, -0.25) is 9.59 Å². The largest absolute Gasteiger partial charge is 0.356 e. The summed E-state index contributed by atoms with van der Waals surface area (Å²) >= 11 is 0. The van der Waals surface area contributed by atoms with Crippen molar-refractivity contribution in [3.8, 4) is 0 Å². The van der Waals surface area contributed by atoms with Gasteiger partial charge in [-0.15, -0.1) is 0 Å². The first-order chi connectivity index (χ1) is 25.1. The fourth-order valence-corrected chi connectivity index (χ4v) is 7.44. The molecule has 0 aliphatic heterocycles. The van der Waals surface area contributed by atoms with Crippen molar-refractivity contribution in [1.29, 1.82) is 0 Å². The molecule has 6 nitrogen and oxygen atoms in total. The third-order valence-corrected chi connectivity index (χ3v) is 10.8. The summed E-state index contributed by atoms with van der Waals surface area (Å²) in [5.41, 5.74) is 2.72. The van der Waals surface area contributed by atoms with Gasteiger partial charge in [0.05, 0.1) is 41.3 Å². The minimum Gasteiger partial charge on any atom is -0.356 e. The second-order valence-corrected chi connectivity index (χ2v) is 17.4. The van der Waals surface area contributed by atoms with Gasteiger partial charge >= 0.3 is 0 Å². The molecule has 1 aromatic carbocycles. The van der Waals surface area contributed by atoms with Crippen molar-refractivity contribution in [3.05, 3.63) is 35.4 Å². The lowest BCUT2D eigenvalue weighted by Crippen LogP contribution is -2.41. The average Bonchev–Trinajstić information content (AvgIpc) is 3.10. The molecule has 6 heteroatoms.